The van der Waals surface area contributed by atoms with Crippen molar-refractivity contribution in [2.24, 2.45) is 5.73 Å². The zero-order valence-electron chi connectivity index (χ0n) is 11.2. The molecule has 4 heteroatoms. The number of hydrogen-bond acceptors (Lipinski definition) is 4. The topological polar surface area (TPSA) is 47.7 Å². The summed E-state index contributed by atoms with van der Waals surface area (Å²) in [5.74, 6) is 0.896. The van der Waals surface area contributed by atoms with Crippen LogP contribution < -0.4 is 10.5 Å². The minimum atomic E-state index is -0.187. The van der Waals surface area contributed by atoms with Crippen molar-refractivity contribution in [3.05, 3.63) is 29.8 Å². The van der Waals surface area contributed by atoms with Gasteiger partial charge in [-0.15, -0.1) is 0 Å². The van der Waals surface area contributed by atoms with E-state index in [2.05, 4.69) is 24.1 Å². The lowest BCUT2D eigenvalue weighted by Gasteiger charge is -2.28. The van der Waals surface area contributed by atoms with Crippen molar-refractivity contribution >= 4 is 0 Å². The highest BCUT2D eigenvalue weighted by Gasteiger charge is 2.31. The number of nitrogens with zero attached hydrogens (tertiary/aromatic N) is 1. The number of rotatable bonds is 5. The average molecular weight is 250 g/mol. The number of benzene rings is 1. The van der Waals surface area contributed by atoms with Gasteiger partial charge < -0.3 is 20.1 Å². The molecule has 1 unspecified atom stereocenters. The molecule has 2 rings (SSSR count). The molecule has 1 aromatic carbocycles. The smallest absolute Gasteiger partial charge is 0.119 e. The largest absolute Gasteiger partial charge is 0.497 e. The molecule has 0 saturated carbocycles. The maximum absolute atomic E-state index is 6.28. The van der Waals surface area contributed by atoms with Gasteiger partial charge in [0, 0.05) is 19.7 Å². The highest BCUT2D eigenvalue weighted by Crippen LogP contribution is 2.18. The highest BCUT2D eigenvalue weighted by atomic mass is 16.5. The molecule has 0 bridgehead atoms. The minimum Gasteiger partial charge on any atom is -0.497 e. The molecule has 1 atom stereocenters. The molecule has 1 aliphatic heterocycles. The van der Waals surface area contributed by atoms with Crippen LogP contribution in [-0.4, -0.2) is 44.4 Å². The van der Waals surface area contributed by atoms with Gasteiger partial charge in [0.15, 0.2) is 0 Å². The van der Waals surface area contributed by atoms with E-state index < -0.39 is 0 Å². The number of ether oxygens (including phenoxy) is 2. The molecular formula is C14H22N2O2. The highest BCUT2D eigenvalue weighted by molar-refractivity contribution is 5.28. The average Bonchev–Trinajstić information content (AvgIpc) is 2.75. The number of hydrogen-bond donors (Lipinski definition) is 1. The Kier molecular flexibility index (Phi) is 4.22. The van der Waals surface area contributed by atoms with E-state index in [9.17, 15) is 0 Å². The second-order valence-corrected chi connectivity index (χ2v) is 5.19. The fourth-order valence-corrected chi connectivity index (χ4v) is 2.42. The molecular weight excluding hydrogens is 228 g/mol. The molecule has 1 heterocycles. The molecule has 0 amide bonds. The molecule has 0 aliphatic carbocycles. The predicted molar refractivity (Wildman–Crippen MR) is 71.7 cm³/mol. The third-order valence-electron chi connectivity index (χ3n) is 3.31. The Morgan fingerprint density at radius 1 is 1.50 bits per heavy atom. The third-order valence-corrected chi connectivity index (χ3v) is 3.31. The summed E-state index contributed by atoms with van der Waals surface area (Å²) in [6, 6.07) is 8.13. The van der Waals surface area contributed by atoms with Gasteiger partial charge in [-0.3, -0.25) is 0 Å². The normalized spacial score (nSPS) is 23.6. The summed E-state index contributed by atoms with van der Waals surface area (Å²) in [6.07, 6.45) is 0.940. The van der Waals surface area contributed by atoms with Crippen molar-refractivity contribution in [3.8, 4) is 5.75 Å². The lowest BCUT2D eigenvalue weighted by molar-refractivity contribution is 0.159. The van der Waals surface area contributed by atoms with Crippen molar-refractivity contribution in [1.82, 2.24) is 4.90 Å². The first-order valence-corrected chi connectivity index (χ1v) is 6.29. The molecule has 1 saturated heterocycles. The Morgan fingerprint density at radius 2 is 2.33 bits per heavy atom. The molecule has 100 valence electrons. The van der Waals surface area contributed by atoms with E-state index in [-0.39, 0.29) is 5.54 Å². The second-order valence-electron chi connectivity index (χ2n) is 5.19. The van der Waals surface area contributed by atoms with Crippen LogP contribution in [0.5, 0.6) is 5.75 Å². The van der Waals surface area contributed by atoms with E-state index >= 15 is 0 Å². The first-order chi connectivity index (χ1) is 8.61. The number of likely N-dealkylation sites (N-methyl/N-ethyl adjacent to an activating group) is 1. The molecule has 0 aromatic heterocycles. The minimum absolute atomic E-state index is 0.187. The van der Waals surface area contributed by atoms with Crippen molar-refractivity contribution in [2.45, 2.75) is 18.5 Å². The van der Waals surface area contributed by atoms with E-state index in [0.717, 1.165) is 31.9 Å². The SMILES string of the molecule is COc1cccc(CN(C)CC2(N)CCOC2)c1. The molecule has 1 aliphatic rings. The summed E-state index contributed by atoms with van der Waals surface area (Å²) in [5.41, 5.74) is 7.33. The first-order valence-electron chi connectivity index (χ1n) is 6.29. The van der Waals surface area contributed by atoms with E-state index in [1.807, 2.05) is 12.1 Å². The van der Waals surface area contributed by atoms with Gasteiger partial charge in [0.1, 0.15) is 5.75 Å². The van der Waals surface area contributed by atoms with Gasteiger partial charge >= 0.3 is 0 Å². The van der Waals surface area contributed by atoms with Crippen LogP contribution in [0.3, 0.4) is 0 Å². The molecule has 18 heavy (non-hydrogen) atoms. The first kappa shape index (κ1) is 13.3. The van der Waals surface area contributed by atoms with Crippen LogP contribution in [0.2, 0.25) is 0 Å². The Balaban J connectivity index is 1.91. The Hall–Kier alpha value is -1.10. The molecule has 1 fully saturated rings. The van der Waals surface area contributed by atoms with Crippen LogP contribution in [-0.2, 0) is 11.3 Å². The molecule has 4 nitrogen and oxygen atoms in total. The summed E-state index contributed by atoms with van der Waals surface area (Å²) in [4.78, 5) is 2.24. The lowest BCUT2D eigenvalue weighted by Crippen LogP contribution is -2.49. The van der Waals surface area contributed by atoms with Crippen molar-refractivity contribution in [1.29, 1.82) is 0 Å². The van der Waals surface area contributed by atoms with Gasteiger partial charge in [-0.2, -0.15) is 0 Å². The Morgan fingerprint density at radius 3 is 3.00 bits per heavy atom. The van der Waals surface area contributed by atoms with Crippen LogP contribution in [0.1, 0.15) is 12.0 Å². The van der Waals surface area contributed by atoms with Crippen LogP contribution in [0.4, 0.5) is 0 Å². The van der Waals surface area contributed by atoms with Gasteiger partial charge in [-0.25, -0.2) is 0 Å². The second kappa shape index (κ2) is 5.69. The van der Waals surface area contributed by atoms with Crippen LogP contribution in [0, 0.1) is 0 Å². The predicted octanol–water partition coefficient (Wildman–Crippen LogP) is 1.24. The third kappa shape index (κ3) is 3.45. The van der Waals surface area contributed by atoms with Gasteiger partial charge in [-0.05, 0) is 31.2 Å². The van der Waals surface area contributed by atoms with Crippen molar-refractivity contribution < 1.29 is 9.47 Å². The van der Waals surface area contributed by atoms with E-state index in [1.165, 1.54) is 5.56 Å². The Labute approximate surface area is 109 Å². The molecule has 2 N–H and O–H groups in total. The van der Waals surface area contributed by atoms with E-state index in [1.54, 1.807) is 7.11 Å². The fourth-order valence-electron chi connectivity index (χ4n) is 2.42. The summed E-state index contributed by atoms with van der Waals surface area (Å²) in [5, 5.41) is 0. The fraction of sp³-hybridized carbons (Fsp3) is 0.571. The zero-order chi connectivity index (χ0) is 13.0. The van der Waals surface area contributed by atoms with E-state index in [4.69, 9.17) is 15.2 Å². The van der Waals surface area contributed by atoms with Crippen molar-refractivity contribution in [2.75, 3.05) is 33.9 Å². The van der Waals surface area contributed by atoms with Crippen molar-refractivity contribution in [3.63, 3.8) is 0 Å². The van der Waals surface area contributed by atoms with Gasteiger partial charge in [0.25, 0.3) is 0 Å². The quantitative estimate of drug-likeness (QED) is 0.854. The molecule has 0 radical (unpaired) electrons. The Bertz CT molecular complexity index is 389. The standard InChI is InChI=1S/C14H22N2O2/c1-16(10-14(15)6-7-18-11-14)9-12-4-3-5-13(8-12)17-2/h3-5,8H,6-7,9-11,15H2,1-2H3. The molecule has 0 spiro atoms. The summed E-state index contributed by atoms with van der Waals surface area (Å²) < 4.78 is 10.6. The number of methoxy groups -OCH3 is 1. The summed E-state index contributed by atoms with van der Waals surface area (Å²) in [7, 11) is 3.78. The van der Waals surface area contributed by atoms with Crippen LogP contribution >= 0.6 is 0 Å². The van der Waals surface area contributed by atoms with Gasteiger partial charge in [-0.1, -0.05) is 12.1 Å². The maximum atomic E-state index is 6.28. The van der Waals surface area contributed by atoms with Gasteiger partial charge in [0.05, 0.1) is 19.3 Å². The van der Waals surface area contributed by atoms with Crippen LogP contribution in [0.15, 0.2) is 24.3 Å². The summed E-state index contributed by atoms with van der Waals surface area (Å²) >= 11 is 0. The monoisotopic (exact) mass is 250 g/mol. The number of nitrogens with two attached hydrogens (primary N) is 1. The summed E-state index contributed by atoms with van der Waals surface area (Å²) in [6.45, 7) is 3.17. The zero-order valence-corrected chi connectivity index (χ0v) is 11.2. The molecule has 1 aromatic rings. The lowest BCUT2D eigenvalue weighted by atomic mass is 9.99. The van der Waals surface area contributed by atoms with Gasteiger partial charge in [0.2, 0.25) is 0 Å². The van der Waals surface area contributed by atoms with E-state index in [0.29, 0.717) is 6.61 Å². The van der Waals surface area contributed by atoms with Crippen LogP contribution in [0.25, 0.3) is 0 Å². The maximum Gasteiger partial charge on any atom is 0.119 e.